The summed E-state index contributed by atoms with van der Waals surface area (Å²) in [5.41, 5.74) is 3.87. The zero-order valence-electron chi connectivity index (χ0n) is 48.9. The van der Waals surface area contributed by atoms with Gasteiger partial charge in [0, 0.05) is 19.3 Å². The van der Waals surface area contributed by atoms with Gasteiger partial charge in [-0.15, -0.1) is 0 Å². The van der Waals surface area contributed by atoms with Gasteiger partial charge in [0.15, 0.2) is 19.8 Å². The molecule has 89 heavy (non-hydrogen) atoms. The van der Waals surface area contributed by atoms with Crippen molar-refractivity contribution in [3.8, 4) is 17.2 Å². The molecule has 0 spiro atoms. The normalized spacial score (nSPS) is 11.2. The van der Waals surface area contributed by atoms with Crippen molar-refractivity contribution in [1.29, 1.82) is 0 Å². The first-order valence-corrected chi connectivity index (χ1v) is 26.7. The number of carbonyl (C=O) groups excluding carboxylic acids is 11. The summed E-state index contributed by atoms with van der Waals surface area (Å²) < 4.78 is 53.7. The van der Waals surface area contributed by atoms with Gasteiger partial charge in [-0.25, -0.2) is 38.4 Å². The summed E-state index contributed by atoms with van der Waals surface area (Å²) in [5, 5.41) is 33.5. The van der Waals surface area contributed by atoms with Crippen LogP contribution in [0.15, 0.2) is 133 Å². The van der Waals surface area contributed by atoms with Crippen molar-refractivity contribution in [2.75, 3.05) is 81.3 Å². The highest BCUT2D eigenvalue weighted by Gasteiger charge is 2.26. The van der Waals surface area contributed by atoms with E-state index in [-0.39, 0.29) is 51.4 Å². The van der Waals surface area contributed by atoms with Gasteiger partial charge in [-0.1, -0.05) is 97.1 Å². The first-order valence-electron chi connectivity index (χ1n) is 26.7. The predicted molar refractivity (Wildman–Crippen MR) is 306 cm³/mol. The van der Waals surface area contributed by atoms with E-state index in [0.29, 0.717) is 29.2 Å². The Balaban J connectivity index is 0.000000356. The average molecular weight is 1240 g/mol. The Bertz CT molecular complexity index is 3040. The lowest BCUT2D eigenvalue weighted by atomic mass is 10.1. The van der Waals surface area contributed by atoms with Crippen molar-refractivity contribution in [2.45, 2.75) is 50.6 Å². The number of hydrogen-bond acceptors (Lipinski definition) is 25. The predicted octanol–water partition coefficient (Wildman–Crippen LogP) is 0.520. The molecule has 0 bridgehead atoms. The lowest BCUT2D eigenvalue weighted by molar-refractivity contribution is -0.158. The molecule has 3 atom stereocenters. The van der Waals surface area contributed by atoms with Gasteiger partial charge < -0.3 is 83.4 Å². The Kier molecular flexibility index (Phi) is 34.4. The van der Waals surface area contributed by atoms with Crippen LogP contribution < -0.4 is 30.2 Å². The number of hydrogen-bond donors (Lipinski definition) is 6. The molecule has 3 amide bonds. The fourth-order valence-electron chi connectivity index (χ4n) is 7.02. The average Bonchev–Trinajstić information content (AvgIpc) is 3.73. The van der Waals surface area contributed by atoms with Crippen molar-refractivity contribution >= 4 is 65.5 Å². The number of ether oxygens (including phenoxy) is 11. The highest BCUT2D eigenvalue weighted by Crippen LogP contribution is 2.18. The quantitative estimate of drug-likeness (QED) is 0.0194. The van der Waals surface area contributed by atoms with E-state index in [9.17, 15) is 52.7 Å². The first kappa shape index (κ1) is 73.1. The number of rotatable bonds is 32. The summed E-state index contributed by atoms with van der Waals surface area (Å²) in [6.45, 7) is -3.62. The molecule has 0 aliphatic heterocycles. The highest BCUT2D eigenvalue weighted by atomic mass is 16.6. The van der Waals surface area contributed by atoms with E-state index in [1.807, 2.05) is 60.7 Å². The maximum Gasteiger partial charge on any atom is 0.344 e. The zero-order chi connectivity index (χ0) is 65.3. The van der Waals surface area contributed by atoms with Gasteiger partial charge in [-0.3, -0.25) is 14.4 Å². The van der Waals surface area contributed by atoms with Crippen LogP contribution in [-0.2, 0) is 123 Å². The van der Waals surface area contributed by atoms with Crippen molar-refractivity contribution in [1.82, 2.24) is 16.0 Å². The molecule has 28 nitrogen and oxygen atoms in total. The SMILES string of the molecule is COC(=O)C(Cc1ccc(OC(=O)COCc2ccccc2)cc1)NC(=O)COCc1ccccc1.COC(=O)COC(=O)C(Cc1ccc(OC(=O)CO)cc1)NC(=O)CO.COC(=O)COC(=O)C(Cc1ccc(OCC(=O)OC)cc1)NC(=O)CO. The molecule has 6 N–H and O–H groups in total. The maximum absolute atomic E-state index is 12.3. The number of carbonyl (C=O) groups is 11. The Morgan fingerprint density at radius 2 is 0.708 bits per heavy atom. The second-order valence-electron chi connectivity index (χ2n) is 18.0. The van der Waals surface area contributed by atoms with Crippen molar-refractivity contribution in [3.63, 3.8) is 0 Å². The van der Waals surface area contributed by atoms with E-state index in [1.54, 1.807) is 48.5 Å². The van der Waals surface area contributed by atoms with Crippen molar-refractivity contribution < 1.29 is 120 Å². The first-order chi connectivity index (χ1) is 42.8. The van der Waals surface area contributed by atoms with Crippen LogP contribution >= 0.6 is 0 Å². The number of amides is 3. The number of esters is 8. The molecule has 0 radical (unpaired) electrons. The minimum atomic E-state index is -1.15. The van der Waals surface area contributed by atoms with E-state index in [2.05, 4.69) is 30.2 Å². The highest BCUT2D eigenvalue weighted by molar-refractivity contribution is 5.88. The molecule has 0 aliphatic rings. The minimum absolute atomic E-state index is 0.0000274. The van der Waals surface area contributed by atoms with Crippen LogP contribution in [0.2, 0.25) is 0 Å². The lowest BCUT2D eigenvalue weighted by Crippen LogP contribution is -2.45. The summed E-state index contributed by atoms with van der Waals surface area (Å²) in [7, 11) is 4.78. The summed E-state index contributed by atoms with van der Waals surface area (Å²) in [6.07, 6.45) is 0.245. The molecule has 0 aliphatic carbocycles. The van der Waals surface area contributed by atoms with E-state index >= 15 is 0 Å². The zero-order valence-corrected chi connectivity index (χ0v) is 48.9. The van der Waals surface area contributed by atoms with Gasteiger partial charge in [0.05, 0.1) is 41.7 Å². The minimum Gasteiger partial charge on any atom is -0.482 e. The van der Waals surface area contributed by atoms with Crippen LogP contribution in [0.4, 0.5) is 0 Å². The monoisotopic (exact) mass is 1240 g/mol. The van der Waals surface area contributed by atoms with Crippen molar-refractivity contribution in [3.05, 3.63) is 161 Å². The third-order valence-corrected chi connectivity index (χ3v) is 11.4. The third-order valence-electron chi connectivity index (χ3n) is 11.4. The topological polar surface area (TPSA) is 386 Å². The molecule has 478 valence electrons. The van der Waals surface area contributed by atoms with E-state index < -0.39 is 117 Å². The molecular formula is C61H69N3O25. The van der Waals surface area contributed by atoms with Crippen LogP contribution in [0.25, 0.3) is 0 Å². The molecule has 0 heterocycles. The number of aliphatic hydroxyl groups is 3. The van der Waals surface area contributed by atoms with Gasteiger partial charge >= 0.3 is 47.8 Å². The Labute approximate surface area is 510 Å². The van der Waals surface area contributed by atoms with Crippen LogP contribution in [-0.4, -0.2) is 180 Å². The second-order valence-corrected chi connectivity index (χ2v) is 18.0. The molecule has 5 rings (SSSR count). The Morgan fingerprint density at radius 1 is 0.348 bits per heavy atom. The molecule has 0 aromatic heterocycles. The number of aliphatic hydroxyl groups excluding tert-OH is 3. The van der Waals surface area contributed by atoms with Crippen LogP contribution in [0, 0.1) is 0 Å². The maximum atomic E-state index is 12.3. The Morgan fingerprint density at radius 3 is 1.09 bits per heavy atom. The van der Waals surface area contributed by atoms with Gasteiger partial charge in [-0.05, 0) is 64.2 Å². The van der Waals surface area contributed by atoms with Gasteiger partial charge in [0.25, 0.3) is 0 Å². The second kappa shape index (κ2) is 41.8. The summed E-state index contributed by atoms with van der Waals surface area (Å²) in [4.78, 5) is 128. The molecular weight excluding hydrogens is 1170 g/mol. The van der Waals surface area contributed by atoms with Gasteiger partial charge in [0.2, 0.25) is 17.7 Å². The standard InChI is InChI=1S/C28H29NO7.C17H21NO9.C16H19NO9/c1-33-28(32)25(29-26(30)19-34-17-22-8-4-2-5-9-22)16-21-12-14-24(15-13-21)36-27(31)20-35-18-23-10-6-3-7-11-23;1-24-15(21)9-26-12-5-3-11(4-6-12)7-13(18-14(20)8-19)17(23)27-10-16(22)25-2;1-24-15(22)9-25-16(23)12(17-13(20)7-18)6-10-2-4-11(5-3-10)26-14(21)8-19/h2-15,25H,16-20H2,1H3,(H,29,30);3-6,13,19H,7-10H2,1-2H3,(H,18,20);2-5,12,18-19H,6-9H2,1H3,(H,17,20). The number of methoxy groups -OCH3 is 4. The van der Waals surface area contributed by atoms with Gasteiger partial charge in [0.1, 0.15) is 68.4 Å². The fraction of sp³-hybridized carbons (Fsp3) is 0.328. The van der Waals surface area contributed by atoms with Crippen LogP contribution in [0.3, 0.4) is 0 Å². The molecule has 28 heteroatoms. The van der Waals surface area contributed by atoms with Crippen LogP contribution in [0.5, 0.6) is 17.2 Å². The summed E-state index contributed by atoms with van der Waals surface area (Å²) in [6, 6.07) is 34.8. The van der Waals surface area contributed by atoms with E-state index in [1.165, 1.54) is 38.5 Å². The number of benzene rings is 5. The van der Waals surface area contributed by atoms with Crippen LogP contribution in [0.1, 0.15) is 27.8 Å². The summed E-state index contributed by atoms with van der Waals surface area (Å²) in [5.74, 6) is -6.73. The molecule has 0 fully saturated rings. The van der Waals surface area contributed by atoms with E-state index in [4.69, 9.17) is 53.2 Å². The Hall–Kier alpha value is -10.1. The molecule has 5 aromatic carbocycles. The molecule has 3 unspecified atom stereocenters. The number of nitrogens with one attached hydrogen (secondary N) is 3. The smallest absolute Gasteiger partial charge is 0.344 e. The summed E-state index contributed by atoms with van der Waals surface area (Å²) >= 11 is 0. The fourth-order valence-corrected chi connectivity index (χ4v) is 7.02. The van der Waals surface area contributed by atoms with Gasteiger partial charge in [-0.2, -0.15) is 0 Å². The molecule has 0 saturated heterocycles. The largest absolute Gasteiger partial charge is 0.482 e. The van der Waals surface area contributed by atoms with E-state index in [0.717, 1.165) is 30.9 Å². The third kappa shape index (κ3) is 30.7. The molecule has 0 saturated carbocycles. The lowest BCUT2D eigenvalue weighted by Gasteiger charge is -2.17. The molecule has 5 aromatic rings. The van der Waals surface area contributed by atoms with Crippen molar-refractivity contribution in [2.24, 2.45) is 0 Å².